The van der Waals surface area contributed by atoms with Crippen molar-refractivity contribution in [1.29, 1.82) is 0 Å². The molecule has 5 heterocycles. The fourth-order valence-electron chi connectivity index (χ4n) is 6.89. The number of carbonyl (C=O) groups excluding carboxylic acids is 1. The SMILES string of the molecule is C[C@H]1[C@@H](OCCOC(=O)CCN2CCCCC2)O[C@@H]2O[C@@]3(C)CC[C@H]4[C@H](C)CC[C@@H]1[C@@]24OO3. The van der Waals surface area contributed by atoms with Crippen molar-refractivity contribution in [1.82, 2.24) is 4.90 Å². The molecule has 6 fully saturated rings. The largest absolute Gasteiger partial charge is 0.463 e. The number of hydrogen-bond donors (Lipinski definition) is 0. The Morgan fingerprint density at radius 1 is 1.03 bits per heavy atom. The molecule has 0 aromatic heterocycles. The van der Waals surface area contributed by atoms with Crippen LogP contribution in [0.5, 0.6) is 0 Å². The number of ether oxygens (including phenoxy) is 4. The first-order valence-electron chi connectivity index (χ1n) is 13.1. The van der Waals surface area contributed by atoms with Crippen molar-refractivity contribution >= 4 is 5.97 Å². The molecule has 2 bridgehead atoms. The van der Waals surface area contributed by atoms with Gasteiger partial charge in [-0.1, -0.05) is 20.3 Å². The van der Waals surface area contributed by atoms with Crippen LogP contribution in [-0.4, -0.2) is 67.7 Å². The van der Waals surface area contributed by atoms with Crippen molar-refractivity contribution in [3.8, 4) is 0 Å². The van der Waals surface area contributed by atoms with Crippen LogP contribution in [0.1, 0.15) is 72.1 Å². The zero-order chi connectivity index (χ0) is 23.1. The topological polar surface area (TPSA) is 75.7 Å². The molecule has 33 heavy (non-hydrogen) atoms. The van der Waals surface area contributed by atoms with E-state index >= 15 is 0 Å². The van der Waals surface area contributed by atoms with Crippen LogP contribution in [0.15, 0.2) is 0 Å². The number of piperidine rings is 1. The molecule has 5 aliphatic heterocycles. The van der Waals surface area contributed by atoms with Gasteiger partial charge >= 0.3 is 5.97 Å². The minimum atomic E-state index is -0.785. The highest BCUT2D eigenvalue weighted by molar-refractivity contribution is 5.69. The summed E-state index contributed by atoms with van der Waals surface area (Å²) < 4.78 is 24.3. The van der Waals surface area contributed by atoms with Gasteiger partial charge in [-0.2, -0.15) is 0 Å². The quantitative estimate of drug-likeness (QED) is 0.319. The van der Waals surface area contributed by atoms with Crippen molar-refractivity contribution in [2.75, 3.05) is 32.8 Å². The molecule has 6 aliphatic rings. The predicted molar refractivity (Wildman–Crippen MR) is 119 cm³/mol. The average Bonchev–Trinajstić information content (AvgIpc) is 3.05. The lowest BCUT2D eigenvalue weighted by Crippen LogP contribution is -2.70. The second kappa shape index (κ2) is 9.70. The maximum Gasteiger partial charge on any atom is 0.307 e. The van der Waals surface area contributed by atoms with Crippen molar-refractivity contribution in [3.63, 3.8) is 0 Å². The Morgan fingerprint density at radius 3 is 2.67 bits per heavy atom. The maximum absolute atomic E-state index is 12.1. The maximum atomic E-state index is 12.1. The molecule has 0 unspecified atom stereocenters. The summed E-state index contributed by atoms with van der Waals surface area (Å²) in [4.78, 5) is 26.5. The van der Waals surface area contributed by atoms with Gasteiger partial charge in [0.15, 0.2) is 18.2 Å². The molecule has 0 amide bonds. The van der Waals surface area contributed by atoms with Gasteiger partial charge in [-0.25, -0.2) is 9.78 Å². The molecular weight excluding hydrogens is 426 g/mol. The van der Waals surface area contributed by atoms with E-state index in [9.17, 15) is 4.79 Å². The summed E-state index contributed by atoms with van der Waals surface area (Å²) in [5.41, 5.74) is -0.576. The van der Waals surface area contributed by atoms with Crippen molar-refractivity contribution < 1.29 is 33.5 Å². The molecule has 8 nitrogen and oxygen atoms in total. The van der Waals surface area contributed by atoms with E-state index in [1.54, 1.807) is 0 Å². The molecule has 5 saturated heterocycles. The molecule has 8 atom stereocenters. The Labute approximate surface area is 197 Å². The van der Waals surface area contributed by atoms with Crippen molar-refractivity contribution in [3.05, 3.63) is 0 Å². The van der Waals surface area contributed by atoms with E-state index in [0.29, 0.717) is 24.9 Å². The third-order valence-corrected chi connectivity index (χ3v) is 8.81. The van der Waals surface area contributed by atoms with Gasteiger partial charge in [0.1, 0.15) is 6.61 Å². The summed E-state index contributed by atoms with van der Waals surface area (Å²) in [7, 11) is 0. The Hall–Kier alpha value is -0.770. The van der Waals surface area contributed by atoms with Gasteiger partial charge in [0, 0.05) is 24.8 Å². The van der Waals surface area contributed by atoms with E-state index in [1.165, 1.54) is 19.3 Å². The van der Waals surface area contributed by atoms with E-state index in [0.717, 1.165) is 45.3 Å². The summed E-state index contributed by atoms with van der Waals surface area (Å²) in [5.74, 6) is 0.293. The summed E-state index contributed by atoms with van der Waals surface area (Å²) in [5, 5.41) is 0. The molecule has 1 saturated carbocycles. The minimum Gasteiger partial charge on any atom is -0.463 e. The highest BCUT2D eigenvalue weighted by Gasteiger charge is 2.69. The smallest absolute Gasteiger partial charge is 0.307 e. The van der Waals surface area contributed by atoms with Gasteiger partial charge in [0.25, 0.3) is 0 Å². The van der Waals surface area contributed by atoms with Gasteiger partial charge in [-0.05, 0) is 64.0 Å². The summed E-state index contributed by atoms with van der Waals surface area (Å²) in [6.07, 6.45) is 7.27. The van der Waals surface area contributed by atoms with Crippen LogP contribution < -0.4 is 0 Å². The van der Waals surface area contributed by atoms with Crippen LogP contribution >= 0.6 is 0 Å². The highest BCUT2D eigenvalue weighted by Crippen LogP contribution is 2.60. The first kappa shape index (κ1) is 23.9. The average molecular weight is 468 g/mol. The van der Waals surface area contributed by atoms with Crippen LogP contribution in [0.25, 0.3) is 0 Å². The van der Waals surface area contributed by atoms with Crippen LogP contribution in [0, 0.1) is 23.7 Å². The predicted octanol–water partition coefficient (Wildman–Crippen LogP) is 3.63. The van der Waals surface area contributed by atoms with Gasteiger partial charge in [-0.3, -0.25) is 4.79 Å². The second-order valence-corrected chi connectivity index (χ2v) is 11.0. The standard InChI is InChI=1S/C25H41NO7/c1-17-7-8-20-18(2)22(29-16-15-28-21(27)10-14-26-12-5-4-6-13-26)30-23-25(20)19(17)9-11-24(3,31-23)32-33-25/h17-20,22-23H,4-16H2,1-3H3/t17-,18-,19+,20+,22+,23-,24-,25-/m1/s1. The van der Waals surface area contributed by atoms with Gasteiger partial charge in [0.05, 0.1) is 13.0 Å². The Morgan fingerprint density at radius 2 is 1.85 bits per heavy atom. The third kappa shape index (κ3) is 4.59. The minimum absolute atomic E-state index is 0.126. The number of nitrogens with zero attached hydrogens (tertiary/aromatic N) is 1. The number of esters is 1. The van der Waals surface area contributed by atoms with Crippen molar-refractivity contribution in [2.45, 2.75) is 96.1 Å². The molecule has 0 radical (unpaired) electrons. The van der Waals surface area contributed by atoms with E-state index < -0.39 is 24.0 Å². The molecule has 188 valence electrons. The molecule has 1 aliphatic carbocycles. The van der Waals surface area contributed by atoms with Gasteiger partial charge < -0.3 is 23.8 Å². The lowest BCUT2D eigenvalue weighted by Gasteiger charge is -2.60. The van der Waals surface area contributed by atoms with E-state index in [4.69, 9.17) is 28.7 Å². The molecule has 8 heteroatoms. The highest BCUT2D eigenvalue weighted by atomic mass is 17.3. The van der Waals surface area contributed by atoms with E-state index in [1.807, 2.05) is 6.92 Å². The lowest BCUT2D eigenvalue weighted by atomic mass is 9.58. The normalized spacial score (nSPS) is 45.3. The fourth-order valence-corrected chi connectivity index (χ4v) is 6.89. The number of rotatable bonds is 7. The zero-order valence-electron chi connectivity index (χ0n) is 20.5. The molecular formula is C25H41NO7. The van der Waals surface area contributed by atoms with Crippen LogP contribution in [0.4, 0.5) is 0 Å². The molecule has 0 aromatic rings. The Balaban J connectivity index is 1.14. The summed E-state index contributed by atoms with van der Waals surface area (Å²) >= 11 is 0. The number of fused-ring (bicyclic) bond motifs is 2. The van der Waals surface area contributed by atoms with E-state index in [-0.39, 0.29) is 24.4 Å². The number of carbonyl (C=O) groups is 1. The molecule has 0 N–H and O–H groups in total. The number of hydrogen-bond acceptors (Lipinski definition) is 8. The van der Waals surface area contributed by atoms with Crippen LogP contribution in [0.2, 0.25) is 0 Å². The lowest BCUT2D eigenvalue weighted by molar-refractivity contribution is -0.577. The van der Waals surface area contributed by atoms with Gasteiger partial charge in [-0.15, -0.1) is 0 Å². The number of likely N-dealkylation sites (tertiary alicyclic amines) is 1. The van der Waals surface area contributed by atoms with Crippen LogP contribution in [-0.2, 0) is 33.5 Å². The first-order chi connectivity index (χ1) is 15.9. The third-order valence-electron chi connectivity index (χ3n) is 8.81. The van der Waals surface area contributed by atoms with Crippen molar-refractivity contribution in [2.24, 2.45) is 23.7 Å². The Bertz CT molecular complexity index is 700. The first-order valence-corrected chi connectivity index (χ1v) is 13.1. The molecule has 6 rings (SSSR count). The summed E-state index contributed by atoms with van der Waals surface area (Å²) in [6.45, 7) is 9.92. The molecule has 1 spiro atoms. The van der Waals surface area contributed by atoms with E-state index in [2.05, 4.69) is 18.7 Å². The molecule has 0 aromatic carbocycles. The Kier molecular flexibility index (Phi) is 7.04. The van der Waals surface area contributed by atoms with Crippen LogP contribution in [0.3, 0.4) is 0 Å². The monoisotopic (exact) mass is 467 g/mol. The zero-order valence-corrected chi connectivity index (χ0v) is 20.5. The summed E-state index contributed by atoms with van der Waals surface area (Å²) in [6, 6.07) is 0. The second-order valence-electron chi connectivity index (χ2n) is 11.0. The van der Waals surface area contributed by atoms with Gasteiger partial charge in [0.2, 0.25) is 5.79 Å². The fraction of sp³-hybridized carbons (Fsp3) is 0.960.